The van der Waals surface area contributed by atoms with Crippen molar-refractivity contribution in [1.82, 2.24) is 9.78 Å². The first-order chi connectivity index (χ1) is 10.4. The highest BCUT2D eigenvalue weighted by atomic mass is 16.5. The summed E-state index contributed by atoms with van der Waals surface area (Å²) in [6, 6.07) is 0.939. The van der Waals surface area contributed by atoms with E-state index < -0.39 is 12.0 Å². The maximum atomic E-state index is 12.3. The maximum Gasteiger partial charge on any atom is 0.330 e. The minimum atomic E-state index is -0.725. The van der Waals surface area contributed by atoms with Crippen molar-refractivity contribution < 1.29 is 14.3 Å². The SMILES string of the molecule is CCOC=Cc1cc(C)c(=O)n(C(CC(C)C)C(=O)OC)n1. The Hall–Kier alpha value is -2.11. The number of esters is 1. The fraction of sp³-hybridized carbons (Fsp3) is 0.562. The second-order valence-electron chi connectivity index (χ2n) is 5.43. The molecular formula is C16H24N2O4. The molecule has 6 heteroatoms. The molecule has 0 aliphatic heterocycles. The lowest BCUT2D eigenvalue weighted by molar-refractivity contribution is -0.145. The van der Waals surface area contributed by atoms with E-state index in [0.717, 1.165) is 0 Å². The number of carbonyl (C=O) groups is 1. The molecule has 0 aliphatic rings. The van der Waals surface area contributed by atoms with Crippen molar-refractivity contribution in [1.29, 1.82) is 0 Å². The molecule has 0 bridgehead atoms. The van der Waals surface area contributed by atoms with E-state index in [0.29, 0.717) is 24.3 Å². The predicted octanol–water partition coefficient (Wildman–Crippen LogP) is 2.32. The van der Waals surface area contributed by atoms with Crippen LogP contribution in [0.1, 0.15) is 44.5 Å². The summed E-state index contributed by atoms with van der Waals surface area (Å²) in [7, 11) is 1.31. The molecule has 122 valence electrons. The van der Waals surface area contributed by atoms with Gasteiger partial charge in [-0.25, -0.2) is 9.48 Å². The Labute approximate surface area is 130 Å². The van der Waals surface area contributed by atoms with Gasteiger partial charge in [-0.1, -0.05) is 13.8 Å². The normalized spacial score (nSPS) is 12.6. The molecule has 1 atom stereocenters. The number of hydrogen-bond acceptors (Lipinski definition) is 5. The first-order valence-electron chi connectivity index (χ1n) is 7.37. The second-order valence-corrected chi connectivity index (χ2v) is 5.43. The molecule has 1 aromatic heterocycles. The molecule has 0 saturated heterocycles. The Morgan fingerprint density at radius 1 is 1.45 bits per heavy atom. The van der Waals surface area contributed by atoms with E-state index in [2.05, 4.69) is 5.10 Å². The largest absolute Gasteiger partial charge is 0.501 e. The number of methoxy groups -OCH3 is 1. The number of aromatic nitrogens is 2. The molecule has 1 heterocycles. The van der Waals surface area contributed by atoms with Gasteiger partial charge in [-0.05, 0) is 32.3 Å². The molecule has 0 saturated carbocycles. The van der Waals surface area contributed by atoms with Gasteiger partial charge in [-0.3, -0.25) is 4.79 Å². The van der Waals surface area contributed by atoms with Crippen LogP contribution in [0.25, 0.3) is 6.08 Å². The minimum Gasteiger partial charge on any atom is -0.501 e. The van der Waals surface area contributed by atoms with E-state index in [1.165, 1.54) is 18.1 Å². The van der Waals surface area contributed by atoms with Gasteiger partial charge in [0.2, 0.25) is 0 Å². The van der Waals surface area contributed by atoms with Gasteiger partial charge in [0.15, 0.2) is 6.04 Å². The van der Waals surface area contributed by atoms with Crippen LogP contribution in [-0.4, -0.2) is 29.5 Å². The molecular weight excluding hydrogens is 284 g/mol. The summed E-state index contributed by atoms with van der Waals surface area (Å²) in [5, 5.41) is 4.26. The average Bonchev–Trinajstić information content (AvgIpc) is 2.47. The summed E-state index contributed by atoms with van der Waals surface area (Å²) in [5.74, 6) is -0.241. The topological polar surface area (TPSA) is 70.4 Å². The van der Waals surface area contributed by atoms with Crippen LogP contribution in [0.4, 0.5) is 0 Å². The van der Waals surface area contributed by atoms with Gasteiger partial charge in [-0.15, -0.1) is 0 Å². The summed E-state index contributed by atoms with van der Waals surface area (Å²) < 4.78 is 11.2. The van der Waals surface area contributed by atoms with E-state index in [1.54, 1.807) is 19.1 Å². The number of aryl methyl sites for hydroxylation is 1. The third kappa shape index (κ3) is 4.72. The zero-order chi connectivity index (χ0) is 16.7. The highest BCUT2D eigenvalue weighted by Gasteiger charge is 2.25. The highest BCUT2D eigenvalue weighted by molar-refractivity contribution is 5.74. The predicted molar refractivity (Wildman–Crippen MR) is 84.4 cm³/mol. The van der Waals surface area contributed by atoms with E-state index in [4.69, 9.17) is 9.47 Å². The monoisotopic (exact) mass is 308 g/mol. The third-order valence-electron chi connectivity index (χ3n) is 3.10. The van der Waals surface area contributed by atoms with Gasteiger partial charge < -0.3 is 9.47 Å². The summed E-state index contributed by atoms with van der Waals surface area (Å²) in [6.07, 6.45) is 3.67. The first-order valence-corrected chi connectivity index (χ1v) is 7.37. The Balaban J connectivity index is 3.29. The van der Waals surface area contributed by atoms with Crippen LogP contribution >= 0.6 is 0 Å². The number of rotatable bonds is 7. The lowest BCUT2D eigenvalue weighted by Crippen LogP contribution is -2.35. The maximum absolute atomic E-state index is 12.3. The summed E-state index contributed by atoms with van der Waals surface area (Å²) in [6.45, 7) is 8.08. The molecule has 1 rings (SSSR count). The van der Waals surface area contributed by atoms with Gasteiger partial charge >= 0.3 is 5.97 Å². The lowest BCUT2D eigenvalue weighted by Gasteiger charge is -2.19. The van der Waals surface area contributed by atoms with Crippen molar-refractivity contribution in [2.45, 2.75) is 40.2 Å². The zero-order valence-corrected chi connectivity index (χ0v) is 13.8. The smallest absolute Gasteiger partial charge is 0.330 e. The standard InChI is InChI=1S/C16H24N2O4/c1-6-22-8-7-13-10-12(4)15(19)18(17-13)14(9-11(2)3)16(20)21-5/h7-8,10-11,14H,6,9H2,1-5H3. The second kappa shape index (κ2) is 8.36. The minimum absolute atomic E-state index is 0.223. The van der Waals surface area contributed by atoms with Crippen LogP contribution in [0.3, 0.4) is 0 Å². The van der Waals surface area contributed by atoms with Gasteiger partial charge in [0.1, 0.15) is 0 Å². The number of nitrogens with zero attached hydrogens (tertiary/aromatic N) is 2. The molecule has 0 amide bonds. The van der Waals surface area contributed by atoms with Gasteiger partial charge in [0.05, 0.1) is 25.7 Å². The van der Waals surface area contributed by atoms with Crippen LogP contribution in [0.15, 0.2) is 17.1 Å². The van der Waals surface area contributed by atoms with Crippen molar-refractivity contribution in [2.75, 3.05) is 13.7 Å². The Kier molecular flexibility index (Phi) is 6.82. The van der Waals surface area contributed by atoms with Crippen LogP contribution in [0.5, 0.6) is 0 Å². The highest BCUT2D eigenvalue weighted by Crippen LogP contribution is 2.17. The summed E-state index contributed by atoms with van der Waals surface area (Å²) in [4.78, 5) is 24.4. The average molecular weight is 308 g/mol. The van der Waals surface area contributed by atoms with Crippen molar-refractivity contribution in [3.63, 3.8) is 0 Å². The number of hydrogen-bond donors (Lipinski definition) is 0. The van der Waals surface area contributed by atoms with E-state index in [9.17, 15) is 9.59 Å². The molecule has 0 aromatic carbocycles. The van der Waals surface area contributed by atoms with Gasteiger partial charge in [0.25, 0.3) is 5.56 Å². The fourth-order valence-corrected chi connectivity index (χ4v) is 2.05. The van der Waals surface area contributed by atoms with Crippen LogP contribution in [0.2, 0.25) is 0 Å². The van der Waals surface area contributed by atoms with Gasteiger partial charge in [-0.2, -0.15) is 5.10 Å². The van der Waals surface area contributed by atoms with Crippen molar-refractivity contribution >= 4 is 12.0 Å². The van der Waals surface area contributed by atoms with Gasteiger partial charge in [0, 0.05) is 11.6 Å². The summed E-state index contributed by atoms with van der Waals surface area (Å²) >= 11 is 0. The van der Waals surface area contributed by atoms with Crippen LogP contribution in [0, 0.1) is 12.8 Å². The van der Waals surface area contributed by atoms with Crippen LogP contribution in [-0.2, 0) is 14.3 Å². The summed E-state index contributed by atoms with van der Waals surface area (Å²) in [5.41, 5.74) is 0.789. The van der Waals surface area contributed by atoms with Crippen LogP contribution < -0.4 is 5.56 Å². The Bertz CT molecular complexity index is 590. The first kappa shape index (κ1) is 17.9. The molecule has 0 spiro atoms. The quantitative estimate of drug-likeness (QED) is 0.571. The molecule has 1 unspecified atom stereocenters. The Morgan fingerprint density at radius 2 is 2.14 bits per heavy atom. The Morgan fingerprint density at radius 3 is 2.68 bits per heavy atom. The zero-order valence-electron chi connectivity index (χ0n) is 13.8. The molecule has 0 fully saturated rings. The van der Waals surface area contributed by atoms with Crippen molar-refractivity contribution in [3.8, 4) is 0 Å². The van der Waals surface area contributed by atoms with Crippen molar-refractivity contribution in [2.24, 2.45) is 5.92 Å². The van der Waals surface area contributed by atoms with E-state index >= 15 is 0 Å². The van der Waals surface area contributed by atoms with E-state index in [1.807, 2.05) is 20.8 Å². The van der Waals surface area contributed by atoms with Crippen molar-refractivity contribution in [3.05, 3.63) is 33.9 Å². The third-order valence-corrected chi connectivity index (χ3v) is 3.10. The molecule has 0 N–H and O–H groups in total. The molecule has 1 aromatic rings. The molecule has 0 aliphatic carbocycles. The fourth-order valence-electron chi connectivity index (χ4n) is 2.05. The number of carbonyl (C=O) groups excluding carboxylic acids is 1. The molecule has 0 radical (unpaired) electrons. The molecule has 6 nitrogen and oxygen atoms in total. The molecule has 22 heavy (non-hydrogen) atoms. The lowest BCUT2D eigenvalue weighted by atomic mass is 10.0. The number of ether oxygens (including phenoxy) is 2. The van der Waals surface area contributed by atoms with E-state index in [-0.39, 0.29) is 11.5 Å².